The highest BCUT2D eigenvalue weighted by molar-refractivity contribution is 5.90. The molecule has 1 amide bonds. The highest BCUT2D eigenvalue weighted by Gasteiger charge is 2.07. The van der Waals surface area contributed by atoms with E-state index in [4.69, 9.17) is 4.42 Å². The number of carbonyl (C=O) groups excluding carboxylic acids is 1. The van der Waals surface area contributed by atoms with Crippen LogP contribution in [0.3, 0.4) is 0 Å². The maximum absolute atomic E-state index is 11.6. The molecule has 0 aliphatic rings. The number of nitrogens with one attached hydrogen (secondary N) is 1. The third-order valence-corrected chi connectivity index (χ3v) is 2.77. The summed E-state index contributed by atoms with van der Waals surface area (Å²) in [5.74, 6) is -0.109. The van der Waals surface area contributed by atoms with Gasteiger partial charge in [-0.1, -0.05) is 6.07 Å². The molecule has 0 fully saturated rings. The van der Waals surface area contributed by atoms with E-state index in [1.807, 2.05) is 13.0 Å². The Morgan fingerprint density at radius 2 is 2.32 bits per heavy atom. The fraction of sp³-hybridized carbons (Fsp3) is 0.308. The van der Waals surface area contributed by atoms with Crippen LogP contribution in [0.25, 0.3) is 0 Å². The lowest BCUT2D eigenvalue weighted by molar-refractivity contribution is 0.0925. The average molecular weight is 261 g/mol. The zero-order chi connectivity index (χ0) is 13.7. The van der Waals surface area contributed by atoms with Crippen molar-refractivity contribution in [3.05, 3.63) is 52.6 Å². The number of carbonyl (C=O) groups is 1. The van der Waals surface area contributed by atoms with Crippen molar-refractivity contribution in [2.75, 3.05) is 6.54 Å². The monoisotopic (exact) mass is 261 g/mol. The van der Waals surface area contributed by atoms with Crippen molar-refractivity contribution in [3.8, 4) is 0 Å². The maximum Gasteiger partial charge on any atom is 0.288 e. The lowest BCUT2D eigenvalue weighted by atomic mass is 10.3. The third kappa shape index (κ3) is 3.31. The van der Waals surface area contributed by atoms with Gasteiger partial charge in [0.25, 0.3) is 11.5 Å². The largest absolute Gasteiger partial charge is 0.438 e. The Labute approximate surface area is 110 Å². The quantitative estimate of drug-likeness (QED) is 0.813. The number of hydrogen-bond acceptors (Lipinski definition) is 4. The molecule has 19 heavy (non-hydrogen) atoms. The fourth-order valence-corrected chi connectivity index (χ4v) is 1.76. The van der Waals surface area contributed by atoms with E-state index in [1.165, 1.54) is 18.7 Å². The van der Waals surface area contributed by atoms with Crippen molar-refractivity contribution < 1.29 is 9.21 Å². The minimum atomic E-state index is -0.297. The molecule has 6 nitrogen and oxygen atoms in total. The first-order chi connectivity index (χ1) is 9.18. The predicted molar refractivity (Wildman–Crippen MR) is 68.9 cm³/mol. The standard InChI is InChI=1S/C13H15N3O3/c1-10-4-2-5-12(17)16(10)7-3-6-15-13(18)11-8-14-9-19-11/h2,4-5,8-9H,3,6-7H2,1H3,(H,15,18). The number of aromatic nitrogens is 2. The number of amides is 1. The van der Waals surface area contributed by atoms with Crippen molar-refractivity contribution >= 4 is 5.91 Å². The first-order valence-electron chi connectivity index (χ1n) is 6.01. The van der Waals surface area contributed by atoms with Gasteiger partial charge in [-0.25, -0.2) is 4.98 Å². The molecule has 2 aromatic rings. The molecular formula is C13H15N3O3. The van der Waals surface area contributed by atoms with Gasteiger partial charge in [-0.05, 0) is 19.4 Å². The Balaban J connectivity index is 1.81. The minimum absolute atomic E-state index is 0.0263. The van der Waals surface area contributed by atoms with Gasteiger partial charge in [0, 0.05) is 24.8 Å². The molecule has 0 spiro atoms. The molecule has 0 radical (unpaired) electrons. The molecule has 0 saturated heterocycles. The number of hydrogen-bond donors (Lipinski definition) is 1. The van der Waals surface area contributed by atoms with Crippen LogP contribution >= 0.6 is 0 Å². The number of oxazole rings is 1. The Hall–Kier alpha value is -2.37. The SMILES string of the molecule is Cc1cccc(=O)n1CCCNC(=O)c1cnco1. The molecule has 0 bridgehead atoms. The van der Waals surface area contributed by atoms with Crippen LogP contribution in [0.2, 0.25) is 0 Å². The van der Waals surface area contributed by atoms with Gasteiger partial charge in [-0.2, -0.15) is 0 Å². The van der Waals surface area contributed by atoms with Gasteiger partial charge >= 0.3 is 0 Å². The summed E-state index contributed by atoms with van der Waals surface area (Å²) >= 11 is 0. The second-order valence-corrected chi connectivity index (χ2v) is 4.13. The van der Waals surface area contributed by atoms with E-state index >= 15 is 0 Å². The molecule has 0 saturated carbocycles. The van der Waals surface area contributed by atoms with E-state index in [-0.39, 0.29) is 17.2 Å². The molecule has 0 atom stereocenters. The van der Waals surface area contributed by atoms with E-state index in [9.17, 15) is 9.59 Å². The van der Waals surface area contributed by atoms with Crippen LogP contribution in [-0.4, -0.2) is 22.0 Å². The van der Waals surface area contributed by atoms with Crippen LogP contribution in [0.5, 0.6) is 0 Å². The Kier molecular flexibility index (Phi) is 4.12. The third-order valence-electron chi connectivity index (χ3n) is 2.77. The van der Waals surface area contributed by atoms with E-state index in [0.717, 1.165) is 5.69 Å². The van der Waals surface area contributed by atoms with Gasteiger partial charge in [0.1, 0.15) is 0 Å². The van der Waals surface area contributed by atoms with Crippen molar-refractivity contribution in [3.63, 3.8) is 0 Å². The second-order valence-electron chi connectivity index (χ2n) is 4.13. The van der Waals surface area contributed by atoms with Gasteiger partial charge in [0.2, 0.25) is 5.76 Å². The maximum atomic E-state index is 11.6. The summed E-state index contributed by atoms with van der Waals surface area (Å²) in [6.45, 7) is 2.93. The van der Waals surface area contributed by atoms with Gasteiger partial charge < -0.3 is 14.3 Å². The van der Waals surface area contributed by atoms with Crippen LogP contribution in [0.1, 0.15) is 22.7 Å². The topological polar surface area (TPSA) is 77.1 Å². The summed E-state index contributed by atoms with van der Waals surface area (Å²) in [5.41, 5.74) is 0.885. The molecule has 2 aromatic heterocycles. The summed E-state index contributed by atoms with van der Waals surface area (Å²) in [6.07, 6.45) is 3.24. The van der Waals surface area contributed by atoms with E-state index in [2.05, 4.69) is 10.3 Å². The zero-order valence-corrected chi connectivity index (χ0v) is 10.6. The minimum Gasteiger partial charge on any atom is -0.438 e. The fourth-order valence-electron chi connectivity index (χ4n) is 1.76. The Morgan fingerprint density at radius 1 is 1.47 bits per heavy atom. The van der Waals surface area contributed by atoms with Crippen molar-refractivity contribution in [1.29, 1.82) is 0 Å². The van der Waals surface area contributed by atoms with Crippen LogP contribution < -0.4 is 10.9 Å². The normalized spacial score (nSPS) is 10.4. The molecule has 100 valence electrons. The van der Waals surface area contributed by atoms with Crippen molar-refractivity contribution in [1.82, 2.24) is 14.9 Å². The Morgan fingerprint density at radius 3 is 3.00 bits per heavy atom. The number of nitrogens with zero attached hydrogens (tertiary/aromatic N) is 2. The van der Waals surface area contributed by atoms with Crippen LogP contribution in [0, 0.1) is 6.92 Å². The van der Waals surface area contributed by atoms with E-state index in [1.54, 1.807) is 10.6 Å². The summed E-state index contributed by atoms with van der Waals surface area (Å²) < 4.78 is 6.55. The first-order valence-corrected chi connectivity index (χ1v) is 6.01. The summed E-state index contributed by atoms with van der Waals surface area (Å²) in [7, 11) is 0. The van der Waals surface area contributed by atoms with Crippen LogP contribution in [0.4, 0.5) is 0 Å². The zero-order valence-electron chi connectivity index (χ0n) is 10.6. The Bertz CT molecular complexity index is 602. The molecule has 0 aromatic carbocycles. The number of pyridine rings is 1. The molecule has 2 rings (SSSR count). The molecule has 1 N–H and O–H groups in total. The average Bonchev–Trinajstić information content (AvgIpc) is 2.91. The smallest absolute Gasteiger partial charge is 0.288 e. The molecule has 0 unspecified atom stereocenters. The highest BCUT2D eigenvalue weighted by atomic mass is 16.3. The first kappa shape index (κ1) is 13.1. The van der Waals surface area contributed by atoms with Crippen LogP contribution in [0.15, 0.2) is 40.0 Å². The highest BCUT2D eigenvalue weighted by Crippen LogP contribution is 1.97. The molecule has 0 aliphatic carbocycles. The molecular weight excluding hydrogens is 246 g/mol. The summed E-state index contributed by atoms with van der Waals surface area (Å²) in [4.78, 5) is 26.8. The summed E-state index contributed by atoms with van der Waals surface area (Å²) in [5, 5.41) is 2.71. The molecule has 2 heterocycles. The van der Waals surface area contributed by atoms with E-state index in [0.29, 0.717) is 19.5 Å². The van der Waals surface area contributed by atoms with Crippen molar-refractivity contribution in [2.24, 2.45) is 0 Å². The van der Waals surface area contributed by atoms with Gasteiger partial charge in [-0.3, -0.25) is 9.59 Å². The summed E-state index contributed by atoms with van der Waals surface area (Å²) in [6, 6.07) is 5.15. The molecule has 0 aliphatic heterocycles. The van der Waals surface area contributed by atoms with Gasteiger partial charge in [-0.15, -0.1) is 0 Å². The lowest BCUT2D eigenvalue weighted by Gasteiger charge is -2.09. The van der Waals surface area contributed by atoms with Crippen molar-refractivity contribution in [2.45, 2.75) is 19.9 Å². The van der Waals surface area contributed by atoms with Crippen LogP contribution in [-0.2, 0) is 6.54 Å². The lowest BCUT2D eigenvalue weighted by Crippen LogP contribution is -2.27. The second kappa shape index (κ2) is 5.99. The van der Waals surface area contributed by atoms with Gasteiger partial charge in [0.05, 0.1) is 6.20 Å². The number of rotatable bonds is 5. The predicted octanol–water partition coefficient (Wildman–Crippen LogP) is 0.965. The van der Waals surface area contributed by atoms with Gasteiger partial charge in [0.15, 0.2) is 6.39 Å². The number of aryl methyl sites for hydroxylation is 1. The molecule has 6 heteroatoms. The van der Waals surface area contributed by atoms with E-state index < -0.39 is 0 Å².